The molecule has 0 bridgehead atoms. The summed E-state index contributed by atoms with van der Waals surface area (Å²) in [7, 11) is 0. The SMILES string of the molecule is CCCCCC(CC(=O)O)[C@H](N)C(=O)O. The van der Waals surface area contributed by atoms with Crippen LogP contribution in [0.15, 0.2) is 0 Å². The van der Waals surface area contributed by atoms with E-state index in [1.807, 2.05) is 6.92 Å². The third kappa shape index (κ3) is 6.06. The molecule has 0 radical (unpaired) electrons. The molecule has 0 fully saturated rings. The molecule has 88 valence electrons. The minimum Gasteiger partial charge on any atom is -0.481 e. The summed E-state index contributed by atoms with van der Waals surface area (Å²) >= 11 is 0. The molecule has 0 aromatic rings. The summed E-state index contributed by atoms with van der Waals surface area (Å²) in [6.45, 7) is 2.03. The second kappa shape index (κ2) is 7.23. The fourth-order valence-corrected chi connectivity index (χ4v) is 1.49. The molecule has 4 N–H and O–H groups in total. The summed E-state index contributed by atoms with van der Waals surface area (Å²) in [6, 6.07) is -1.07. The van der Waals surface area contributed by atoms with Crippen LogP contribution in [-0.2, 0) is 9.59 Å². The van der Waals surface area contributed by atoms with Crippen molar-refractivity contribution in [2.75, 3.05) is 0 Å². The van der Waals surface area contributed by atoms with Crippen LogP contribution in [0, 0.1) is 5.92 Å². The number of hydrogen-bond acceptors (Lipinski definition) is 3. The minimum atomic E-state index is -1.13. The van der Waals surface area contributed by atoms with Crippen molar-refractivity contribution in [1.82, 2.24) is 0 Å². The van der Waals surface area contributed by atoms with Crippen LogP contribution in [-0.4, -0.2) is 28.2 Å². The molecule has 0 spiro atoms. The maximum Gasteiger partial charge on any atom is 0.320 e. The standard InChI is InChI=1S/C10H19NO4/c1-2-3-4-5-7(6-8(12)13)9(11)10(14)15/h7,9H,2-6,11H2,1H3,(H,12,13)(H,14,15)/t7?,9-/m0/s1. The number of carboxylic acid groups (broad SMARTS) is 2. The van der Waals surface area contributed by atoms with Crippen molar-refractivity contribution in [3.63, 3.8) is 0 Å². The highest BCUT2D eigenvalue weighted by molar-refractivity contribution is 5.75. The molecular weight excluding hydrogens is 198 g/mol. The Hall–Kier alpha value is -1.10. The van der Waals surface area contributed by atoms with Crippen molar-refractivity contribution >= 4 is 11.9 Å². The molecule has 2 atom stereocenters. The van der Waals surface area contributed by atoms with E-state index in [9.17, 15) is 9.59 Å². The van der Waals surface area contributed by atoms with Crippen LogP contribution >= 0.6 is 0 Å². The fourth-order valence-electron chi connectivity index (χ4n) is 1.49. The van der Waals surface area contributed by atoms with E-state index in [0.717, 1.165) is 19.3 Å². The Kier molecular flexibility index (Phi) is 6.70. The monoisotopic (exact) mass is 217 g/mol. The van der Waals surface area contributed by atoms with Gasteiger partial charge < -0.3 is 15.9 Å². The Morgan fingerprint density at radius 2 is 1.87 bits per heavy atom. The van der Waals surface area contributed by atoms with Gasteiger partial charge in [0.25, 0.3) is 0 Å². The summed E-state index contributed by atoms with van der Waals surface area (Å²) in [5.41, 5.74) is 5.43. The Labute approximate surface area is 89.3 Å². The number of carboxylic acids is 2. The van der Waals surface area contributed by atoms with Gasteiger partial charge in [-0.2, -0.15) is 0 Å². The summed E-state index contributed by atoms with van der Waals surface area (Å²) in [5, 5.41) is 17.3. The second-order valence-corrected chi connectivity index (χ2v) is 3.72. The summed E-state index contributed by atoms with van der Waals surface area (Å²) < 4.78 is 0. The highest BCUT2D eigenvalue weighted by atomic mass is 16.4. The van der Waals surface area contributed by atoms with Crippen molar-refractivity contribution in [3.05, 3.63) is 0 Å². The van der Waals surface area contributed by atoms with Gasteiger partial charge in [0, 0.05) is 0 Å². The lowest BCUT2D eigenvalue weighted by Gasteiger charge is -2.18. The van der Waals surface area contributed by atoms with Crippen molar-refractivity contribution < 1.29 is 19.8 Å². The molecule has 0 aromatic carbocycles. The van der Waals surface area contributed by atoms with E-state index in [2.05, 4.69) is 0 Å². The van der Waals surface area contributed by atoms with E-state index in [-0.39, 0.29) is 6.42 Å². The average Bonchev–Trinajstić information content (AvgIpc) is 2.14. The minimum absolute atomic E-state index is 0.169. The third-order valence-corrected chi connectivity index (χ3v) is 2.41. The van der Waals surface area contributed by atoms with E-state index < -0.39 is 23.9 Å². The van der Waals surface area contributed by atoms with Crippen LogP contribution in [0.1, 0.15) is 39.0 Å². The lowest BCUT2D eigenvalue weighted by Crippen LogP contribution is -2.39. The van der Waals surface area contributed by atoms with Gasteiger partial charge >= 0.3 is 11.9 Å². The quantitative estimate of drug-likeness (QED) is 0.528. The molecule has 0 heterocycles. The molecule has 0 aliphatic rings. The van der Waals surface area contributed by atoms with Gasteiger partial charge in [-0.15, -0.1) is 0 Å². The molecule has 0 aromatic heterocycles. The summed E-state index contributed by atoms with van der Waals surface area (Å²) in [5.74, 6) is -2.59. The maximum atomic E-state index is 10.6. The van der Waals surface area contributed by atoms with E-state index in [1.165, 1.54) is 0 Å². The first-order chi connectivity index (χ1) is 6.99. The molecule has 0 aliphatic heterocycles. The zero-order valence-corrected chi connectivity index (χ0v) is 8.98. The first-order valence-corrected chi connectivity index (χ1v) is 5.19. The Morgan fingerprint density at radius 1 is 1.27 bits per heavy atom. The van der Waals surface area contributed by atoms with Gasteiger partial charge in [0.1, 0.15) is 6.04 Å². The third-order valence-electron chi connectivity index (χ3n) is 2.41. The average molecular weight is 217 g/mol. The van der Waals surface area contributed by atoms with Crippen LogP contribution in [0.4, 0.5) is 0 Å². The van der Waals surface area contributed by atoms with Crippen molar-refractivity contribution in [2.45, 2.75) is 45.1 Å². The summed E-state index contributed by atoms with van der Waals surface area (Å²) in [4.78, 5) is 21.2. The molecule has 5 nitrogen and oxygen atoms in total. The smallest absolute Gasteiger partial charge is 0.320 e. The molecule has 5 heteroatoms. The highest BCUT2D eigenvalue weighted by Crippen LogP contribution is 2.17. The van der Waals surface area contributed by atoms with Crippen LogP contribution in [0.2, 0.25) is 0 Å². The van der Waals surface area contributed by atoms with Gasteiger partial charge in [0.2, 0.25) is 0 Å². The largest absolute Gasteiger partial charge is 0.481 e. The Bertz CT molecular complexity index is 217. The Morgan fingerprint density at radius 3 is 2.27 bits per heavy atom. The zero-order valence-electron chi connectivity index (χ0n) is 8.98. The van der Waals surface area contributed by atoms with Gasteiger partial charge in [-0.1, -0.05) is 26.2 Å². The second-order valence-electron chi connectivity index (χ2n) is 3.72. The number of aliphatic carboxylic acids is 2. The zero-order chi connectivity index (χ0) is 11.8. The van der Waals surface area contributed by atoms with Crippen molar-refractivity contribution in [1.29, 1.82) is 0 Å². The van der Waals surface area contributed by atoms with Gasteiger partial charge in [-0.05, 0) is 12.3 Å². The Balaban J connectivity index is 4.17. The highest BCUT2D eigenvalue weighted by Gasteiger charge is 2.25. The first kappa shape index (κ1) is 13.9. The first-order valence-electron chi connectivity index (χ1n) is 5.19. The molecule has 15 heavy (non-hydrogen) atoms. The van der Waals surface area contributed by atoms with Gasteiger partial charge in [-0.25, -0.2) is 0 Å². The molecule has 0 saturated heterocycles. The van der Waals surface area contributed by atoms with Crippen LogP contribution in [0.25, 0.3) is 0 Å². The van der Waals surface area contributed by atoms with E-state index in [4.69, 9.17) is 15.9 Å². The predicted molar refractivity (Wildman–Crippen MR) is 55.5 cm³/mol. The molecule has 0 rings (SSSR count). The van der Waals surface area contributed by atoms with Gasteiger partial charge in [0.15, 0.2) is 0 Å². The lowest BCUT2D eigenvalue weighted by molar-refractivity contribution is -0.142. The van der Waals surface area contributed by atoms with Crippen LogP contribution < -0.4 is 5.73 Å². The number of rotatable bonds is 8. The molecule has 1 unspecified atom stereocenters. The molecular formula is C10H19NO4. The van der Waals surface area contributed by atoms with Crippen LogP contribution in [0.5, 0.6) is 0 Å². The molecule has 0 amide bonds. The van der Waals surface area contributed by atoms with E-state index >= 15 is 0 Å². The predicted octanol–water partition coefficient (Wildman–Crippen LogP) is 1.07. The molecule has 0 aliphatic carbocycles. The van der Waals surface area contributed by atoms with E-state index in [1.54, 1.807) is 0 Å². The van der Waals surface area contributed by atoms with E-state index in [0.29, 0.717) is 6.42 Å². The lowest BCUT2D eigenvalue weighted by atomic mass is 9.91. The van der Waals surface area contributed by atoms with Gasteiger partial charge in [0.05, 0.1) is 6.42 Å². The van der Waals surface area contributed by atoms with Crippen molar-refractivity contribution in [3.8, 4) is 0 Å². The number of carbonyl (C=O) groups is 2. The van der Waals surface area contributed by atoms with Gasteiger partial charge in [-0.3, -0.25) is 9.59 Å². The number of unbranched alkanes of at least 4 members (excludes halogenated alkanes) is 2. The fraction of sp³-hybridized carbons (Fsp3) is 0.800. The van der Waals surface area contributed by atoms with Crippen molar-refractivity contribution in [2.24, 2.45) is 11.7 Å². The summed E-state index contributed by atoms with van der Waals surface area (Å²) in [6.07, 6.45) is 3.21. The normalized spacial score (nSPS) is 14.5. The topological polar surface area (TPSA) is 101 Å². The number of hydrogen-bond donors (Lipinski definition) is 3. The molecule has 0 saturated carbocycles. The van der Waals surface area contributed by atoms with Crippen LogP contribution in [0.3, 0.4) is 0 Å². The number of nitrogens with two attached hydrogens (primary N) is 1. The maximum absolute atomic E-state index is 10.6.